The summed E-state index contributed by atoms with van der Waals surface area (Å²) in [5.41, 5.74) is 0.651. The first kappa shape index (κ1) is 16.0. The molecule has 0 saturated heterocycles. The maximum atomic E-state index is 12.7. The zero-order valence-electron chi connectivity index (χ0n) is 13.0. The molecule has 1 aromatic carbocycles. The molecule has 4 nitrogen and oxygen atoms in total. The lowest BCUT2D eigenvalue weighted by Gasteiger charge is -2.13. The van der Waals surface area contributed by atoms with E-state index in [1.165, 1.54) is 12.8 Å². The van der Waals surface area contributed by atoms with E-state index in [1.807, 2.05) is 12.1 Å². The summed E-state index contributed by atoms with van der Waals surface area (Å²) in [5.74, 6) is -2.29. The number of amides is 2. The maximum absolute atomic E-state index is 12.7. The van der Waals surface area contributed by atoms with Crippen LogP contribution in [-0.2, 0) is 0 Å². The molecule has 2 aliphatic rings. The van der Waals surface area contributed by atoms with Gasteiger partial charge in [0.1, 0.15) is 5.75 Å². The van der Waals surface area contributed by atoms with Crippen LogP contribution in [0.15, 0.2) is 24.3 Å². The molecule has 2 N–H and O–H groups in total. The van der Waals surface area contributed by atoms with E-state index in [0.29, 0.717) is 18.2 Å². The smallest absolute Gasteiger partial charge is 0.319 e. The molecule has 2 fully saturated rings. The van der Waals surface area contributed by atoms with E-state index in [-0.39, 0.29) is 19.0 Å². The summed E-state index contributed by atoms with van der Waals surface area (Å²) in [7, 11) is 0. The van der Waals surface area contributed by atoms with Crippen molar-refractivity contribution in [2.75, 3.05) is 11.9 Å². The normalized spacial score (nSPS) is 22.6. The van der Waals surface area contributed by atoms with Gasteiger partial charge in [0.05, 0.1) is 6.10 Å². The van der Waals surface area contributed by atoms with Crippen LogP contribution in [0.1, 0.15) is 38.5 Å². The number of halogens is 2. The van der Waals surface area contributed by atoms with Crippen molar-refractivity contribution >= 4 is 11.7 Å². The van der Waals surface area contributed by atoms with Gasteiger partial charge in [-0.2, -0.15) is 0 Å². The highest BCUT2D eigenvalue weighted by molar-refractivity contribution is 5.89. The first-order chi connectivity index (χ1) is 11.0. The van der Waals surface area contributed by atoms with Crippen molar-refractivity contribution in [3.05, 3.63) is 24.3 Å². The molecule has 0 radical (unpaired) electrons. The van der Waals surface area contributed by atoms with Crippen molar-refractivity contribution in [3.8, 4) is 5.75 Å². The van der Waals surface area contributed by atoms with Gasteiger partial charge in [-0.1, -0.05) is 0 Å². The molecule has 6 heteroatoms. The third-order valence-corrected chi connectivity index (χ3v) is 4.45. The Morgan fingerprint density at radius 3 is 2.48 bits per heavy atom. The summed E-state index contributed by atoms with van der Waals surface area (Å²) in [6, 6.07) is 6.84. The van der Waals surface area contributed by atoms with Crippen molar-refractivity contribution in [1.82, 2.24) is 5.32 Å². The minimum atomic E-state index is -2.52. The van der Waals surface area contributed by atoms with Crippen molar-refractivity contribution in [3.63, 3.8) is 0 Å². The van der Waals surface area contributed by atoms with Gasteiger partial charge in [-0.05, 0) is 56.4 Å². The van der Waals surface area contributed by atoms with Gasteiger partial charge in [-0.25, -0.2) is 13.6 Å². The van der Waals surface area contributed by atoms with Gasteiger partial charge in [0, 0.05) is 24.6 Å². The first-order valence-corrected chi connectivity index (χ1v) is 8.22. The van der Waals surface area contributed by atoms with Crippen molar-refractivity contribution in [2.24, 2.45) is 5.92 Å². The fourth-order valence-electron chi connectivity index (χ4n) is 2.93. The molecule has 2 amide bonds. The molecule has 1 unspecified atom stereocenters. The molecule has 0 spiro atoms. The number of hydrogen-bond acceptors (Lipinski definition) is 2. The van der Waals surface area contributed by atoms with Crippen molar-refractivity contribution in [2.45, 2.75) is 50.6 Å². The fraction of sp³-hybridized carbons (Fsp3) is 0.588. The predicted molar refractivity (Wildman–Crippen MR) is 84.0 cm³/mol. The monoisotopic (exact) mass is 324 g/mol. The summed E-state index contributed by atoms with van der Waals surface area (Å²) in [4.78, 5) is 11.7. The number of carbonyl (C=O) groups excluding carboxylic acids is 1. The minimum absolute atomic E-state index is 0.0568. The van der Waals surface area contributed by atoms with Crippen LogP contribution < -0.4 is 15.4 Å². The number of carbonyl (C=O) groups is 1. The Hall–Kier alpha value is -1.85. The second-order valence-corrected chi connectivity index (χ2v) is 6.38. The standard InChI is InChI=1S/C17H22F2N2O2/c18-17(19)11-12(17)9-10-20-16(22)21-13-5-7-15(8-6-13)23-14-3-1-2-4-14/h5-8,12,14H,1-4,9-11H2,(H2,20,21,22). The molecule has 23 heavy (non-hydrogen) atoms. The largest absolute Gasteiger partial charge is 0.490 e. The zero-order valence-corrected chi connectivity index (χ0v) is 13.0. The highest BCUT2D eigenvalue weighted by atomic mass is 19.3. The molecular formula is C17H22F2N2O2. The highest BCUT2D eigenvalue weighted by Crippen LogP contribution is 2.50. The average molecular weight is 324 g/mol. The number of urea groups is 1. The summed E-state index contributed by atoms with van der Waals surface area (Å²) in [6.07, 6.45) is 5.20. The fourth-order valence-corrected chi connectivity index (χ4v) is 2.93. The second-order valence-electron chi connectivity index (χ2n) is 6.38. The Balaban J connectivity index is 1.38. The van der Waals surface area contributed by atoms with E-state index in [0.717, 1.165) is 18.6 Å². The summed E-state index contributed by atoms with van der Waals surface area (Å²) in [6.45, 7) is 0.259. The lowest BCUT2D eigenvalue weighted by atomic mass is 10.2. The number of hydrogen-bond donors (Lipinski definition) is 2. The van der Waals surface area contributed by atoms with E-state index in [2.05, 4.69) is 10.6 Å². The lowest BCUT2D eigenvalue weighted by molar-refractivity contribution is 0.0971. The molecule has 2 saturated carbocycles. The van der Waals surface area contributed by atoms with Crippen molar-refractivity contribution in [1.29, 1.82) is 0 Å². The molecule has 1 aromatic rings. The number of benzene rings is 1. The molecule has 3 rings (SSSR count). The second kappa shape index (κ2) is 6.72. The first-order valence-electron chi connectivity index (χ1n) is 8.22. The van der Waals surface area contributed by atoms with Crippen molar-refractivity contribution < 1.29 is 18.3 Å². The molecule has 2 aliphatic carbocycles. The molecule has 0 aromatic heterocycles. The Kier molecular flexibility index (Phi) is 4.68. The van der Waals surface area contributed by atoms with Gasteiger partial charge < -0.3 is 15.4 Å². The Bertz CT molecular complexity index is 542. The summed E-state index contributed by atoms with van der Waals surface area (Å²) < 4.78 is 31.3. The Labute approximate surface area is 134 Å². The van der Waals surface area contributed by atoms with E-state index in [9.17, 15) is 13.6 Å². The number of ether oxygens (including phenoxy) is 1. The predicted octanol–water partition coefficient (Wildman–Crippen LogP) is 4.17. The molecule has 0 aliphatic heterocycles. The van der Waals surface area contributed by atoms with Crippen LogP contribution in [0.3, 0.4) is 0 Å². The average Bonchev–Trinajstić information content (AvgIpc) is 2.88. The summed E-state index contributed by atoms with van der Waals surface area (Å²) >= 11 is 0. The van der Waals surface area contributed by atoms with Gasteiger partial charge in [-0.15, -0.1) is 0 Å². The van der Waals surface area contributed by atoms with Crippen LogP contribution in [0.5, 0.6) is 5.75 Å². The lowest BCUT2D eigenvalue weighted by Crippen LogP contribution is -2.30. The number of anilines is 1. The Morgan fingerprint density at radius 1 is 1.22 bits per heavy atom. The zero-order chi connectivity index (χ0) is 16.3. The maximum Gasteiger partial charge on any atom is 0.319 e. The van der Waals surface area contributed by atoms with Gasteiger partial charge in [0.15, 0.2) is 0 Å². The van der Waals surface area contributed by atoms with Crippen LogP contribution in [0.2, 0.25) is 0 Å². The number of alkyl halides is 2. The molecule has 126 valence electrons. The van der Waals surface area contributed by atoms with E-state index < -0.39 is 11.8 Å². The van der Waals surface area contributed by atoms with E-state index in [4.69, 9.17) is 4.74 Å². The van der Waals surface area contributed by atoms with E-state index >= 15 is 0 Å². The Morgan fingerprint density at radius 2 is 1.87 bits per heavy atom. The topological polar surface area (TPSA) is 50.4 Å². The van der Waals surface area contributed by atoms with Gasteiger partial charge >= 0.3 is 6.03 Å². The van der Waals surface area contributed by atoms with Gasteiger partial charge in [0.2, 0.25) is 0 Å². The quantitative estimate of drug-likeness (QED) is 0.825. The minimum Gasteiger partial charge on any atom is -0.490 e. The third-order valence-electron chi connectivity index (χ3n) is 4.45. The van der Waals surface area contributed by atoms with Gasteiger partial charge in [-0.3, -0.25) is 0 Å². The molecule has 1 atom stereocenters. The highest BCUT2D eigenvalue weighted by Gasteiger charge is 2.55. The van der Waals surface area contributed by atoms with Crippen LogP contribution in [0.25, 0.3) is 0 Å². The molecule has 0 heterocycles. The summed E-state index contributed by atoms with van der Waals surface area (Å²) in [5, 5.41) is 5.28. The molecular weight excluding hydrogens is 302 g/mol. The molecule has 0 bridgehead atoms. The SMILES string of the molecule is O=C(NCCC1CC1(F)F)Nc1ccc(OC2CCCC2)cc1. The van der Waals surface area contributed by atoms with E-state index in [1.54, 1.807) is 12.1 Å². The van der Waals surface area contributed by atoms with Crippen LogP contribution in [-0.4, -0.2) is 24.6 Å². The van der Waals surface area contributed by atoms with Crippen LogP contribution >= 0.6 is 0 Å². The number of rotatable bonds is 6. The van der Waals surface area contributed by atoms with Crippen LogP contribution in [0, 0.1) is 5.92 Å². The van der Waals surface area contributed by atoms with Gasteiger partial charge in [0.25, 0.3) is 5.92 Å². The number of nitrogens with one attached hydrogen (secondary N) is 2. The van der Waals surface area contributed by atoms with Crippen LogP contribution in [0.4, 0.5) is 19.3 Å². The third kappa shape index (κ3) is 4.56.